The number of hydrogen-bond acceptors (Lipinski definition) is 2. The van der Waals surface area contributed by atoms with Gasteiger partial charge in [-0.1, -0.05) is 11.6 Å². The van der Waals surface area contributed by atoms with Gasteiger partial charge in [0.15, 0.2) is 0 Å². The molecule has 10 heavy (non-hydrogen) atoms. The molecule has 0 bridgehead atoms. The Morgan fingerprint density at radius 3 is 1.60 bits per heavy atom. The summed E-state index contributed by atoms with van der Waals surface area (Å²) in [6.45, 7) is 4.89. The molecule has 0 heterocycles. The van der Waals surface area contributed by atoms with Crippen molar-refractivity contribution in [2.75, 3.05) is 0 Å². The van der Waals surface area contributed by atoms with Crippen LogP contribution in [0.5, 0.6) is 0 Å². The largest absolute Gasteiger partial charge is 0.390 e. The number of alkyl halides is 1. The molecule has 3 heteroatoms. The van der Waals surface area contributed by atoms with E-state index < -0.39 is 10.7 Å². The van der Waals surface area contributed by atoms with Crippen molar-refractivity contribution in [1.82, 2.24) is 0 Å². The molecular formula is C7H15ClO2. The Balaban J connectivity index is 3.56. The molecule has 0 saturated heterocycles. The Morgan fingerprint density at radius 1 is 1.10 bits per heavy atom. The summed E-state index contributed by atoms with van der Waals surface area (Å²) in [7, 11) is 0. The third-order valence-electron chi connectivity index (χ3n) is 1.19. The van der Waals surface area contributed by atoms with Gasteiger partial charge in [-0.25, -0.2) is 0 Å². The molecule has 0 aromatic heterocycles. The second kappa shape index (κ2) is 3.07. The van der Waals surface area contributed by atoms with Crippen LogP contribution >= 0.6 is 11.6 Å². The molecule has 0 aliphatic carbocycles. The van der Waals surface area contributed by atoms with Crippen molar-refractivity contribution in [3.8, 4) is 0 Å². The van der Waals surface area contributed by atoms with Crippen LogP contribution in [0.1, 0.15) is 33.6 Å². The van der Waals surface area contributed by atoms with E-state index in [0.717, 1.165) is 0 Å². The summed E-state index contributed by atoms with van der Waals surface area (Å²) in [5.74, 6) is 0. The van der Waals surface area contributed by atoms with Gasteiger partial charge in [0.1, 0.15) is 5.06 Å². The predicted molar refractivity (Wildman–Crippen MR) is 42.0 cm³/mol. The van der Waals surface area contributed by atoms with Crippen molar-refractivity contribution < 1.29 is 10.2 Å². The van der Waals surface area contributed by atoms with E-state index in [1.54, 1.807) is 13.8 Å². The molecule has 0 rings (SSSR count). The van der Waals surface area contributed by atoms with Crippen molar-refractivity contribution >= 4 is 11.6 Å². The van der Waals surface area contributed by atoms with E-state index in [1.807, 2.05) is 0 Å². The van der Waals surface area contributed by atoms with Gasteiger partial charge in [-0.2, -0.15) is 0 Å². The Bertz CT molecular complexity index is 85.2. The van der Waals surface area contributed by atoms with Gasteiger partial charge in [0, 0.05) is 0 Å². The smallest absolute Gasteiger partial charge is 0.136 e. The quantitative estimate of drug-likeness (QED) is 0.624. The summed E-state index contributed by atoms with van der Waals surface area (Å²) >= 11 is 5.48. The number of aliphatic hydroxyl groups is 2. The van der Waals surface area contributed by atoms with E-state index in [-0.39, 0.29) is 0 Å². The molecule has 0 aliphatic heterocycles. The first-order chi connectivity index (χ1) is 4.21. The lowest BCUT2D eigenvalue weighted by Crippen LogP contribution is -2.24. The van der Waals surface area contributed by atoms with Crippen molar-refractivity contribution in [2.24, 2.45) is 0 Å². The fourth-order valence-corrected chi connectivity index (χ4v) is 0.629. The van der Waals surface area contributed by atoms with Crippen LogP contribution in [0.2, 0.25) is 0 Å². The maximum atomic E-state index is 9.21. The highest BCUT2D eigenvalue weighted by molar-refractivity contribution is 6.22. The summed E-state index contributed by atoms with van der Waals surface area (Å²) in [6, 6.07) is 0. The SMILES string of the molecule is CC(C)(O)CCC(C)(O)Cl. The van der Waals surface area contributed by atoms with Crippen LogP contribution in [0.3, 0.4) is 0 Å². The fourth-order valence-electron chi connectivity index (χ4n) is 0.534. The highest BCUT2D eigenvalue weighted by atomic mass is 35.5. The molecule has 1 unspecified atom stereocenters. The molecule has 2 nitrogen and oxygen atoms in total. The third-order valence-corrected chi connectivity index (χ3v) is 1.38. The van der Waals surface area contributed by atoms with Gasteiger partial charge in [-0.05, 0) is 33.6 Å². The Hall–Kier alpha value is 0.210. The normalized spacial score (nSPS) is 18.6. The number of rotatable bonds is 3. The average molecular weight is 167 g/mol. The minimum absolute atomic E-state index is 0.401. The lowest BCUT2D eigenvalue weighted by molar-refractivity contribution is 0.0422. The van der Waals surface area contributed by atoms with E-state index in [4.69, 9.17) is 16.7 Å². The topological polar surface area (TPSA) is 40.5 Å². The first-order valence-corrected chi connectivity index (χ1v) is 3.72. The summed E-state index contributed by atoms with van der Waals surface area (Å²) in [5, 5.41) is 17.1. The van der Waals surface area contributed by atoms with Gasteiger partial charge in [0.25, 0.3) is 0 Å². The van der Waals surface area contributed by atoms with E-state index in [2.05, 4.69) is 0 Å². The van der Waals surface area contributed by atoms with Crippen molar-refractivity contribution in [2.45, 2.75) is 44.3 Å². The summed E-state index contributed by atoms with van der Waals surface area (Å²) in [5.41, 5.74) is -0.737. The molecule has 0 spiro atoms. The van der Waals surface area contributed by atoms with E-state index in [1.165, 1.54) is 6.92 Å². The predicted octanol–water partition coefficient (Wildman–Crippen LogP) is 1.48. The first-order valence-electron chi connectivity index (χ1n) is 3.34. The minimum atomic E-state index is -1.18. The maximum absolute atomic E-state index is 9.21. The first kappa shape index (κ1) is 10.2. The minimum Gasteiger partial charge on any atom is -0.390 e. The van der Waals surface area contributed by atoms with E-state index in [0.29, 0.717) is 12.8 Å². The van der Waals surface area contributed by atoms with Gasteiger partial charge in [0.2, 0.25) is 0 Å². The van der Waals surface area contributed by atoms with Gasteiger partial charge < -0.3 is 10.2 Å². The van der Waals surface area contributed by atoms with Crippen molar-refractivity contribution in [1.29, 1.82) is 0 Å². The van der Waals surface area contributed by atoms with Crippen LogP contribution in [0.15, 0.2) is 0 Å². The lowest BCUT2D eigenvalue weighted by Gasteiger charge is -2.21. The van der Waals surface area contributed by atoms with Gasteiger partial charge in [-0.15, -0.1) is 0 Å². The Kier molecular flexibility index (Phi) is 3.14. The molecule has 0 amide bonds. The third kappa shape index (κ3) is 8.21. The van der Waals surface area contributed by atoms with Crippen molar-refractivity contribution in [3.63, 3.8) is 0 Å². The van der Waals surface area contributed by atoms with Crippen LogP contribution in [0, 0.1) is 0 Å². The van der Waals surface area contributed by atoms with Crippen LogP contribution in [0.4, 0.5) is 0 Å². The highest BCUT2D eigenvalue weighted by Crippen LogP contribution is 2.21. The molecule has 2 N–H and O–H groups in total. The van der Waals surface area contributed by atoms with Crippen molar-refractivity contribution in [3.05, 3.63) is 0 Å². The number of halogens is 1. The molecule has 0 aromatic carbocycles. The average Bonchev–Trinajstić information content (AvgIpc) is 1.57. The van der Waals surface area contributed by atoms with Gasteiger partial charge in [0.05, 0.1) is 5.60 Å². The molecule has 0 radical (unpaired) electrons. The van der Waals surface area contributed by atoms with E-state index in [9.17, 15) is 5.11 Å². The lowest BCUT2D eigenvalue weighted by atomic mass is 10.0. The fraction of sp³-hybridized carbons (Fsp3) is 1.00. The molecule has 62 valence electrons. The summed E-state index contributed by atoms with van der Waals surface area (Å²) < 4.78 is 0. The van der Waals surface area contributed by atoms with Crippen LogP contribution in [-0.4, -0.2) is 20.9 Å². The zero-order chi connectivity index (χ0) is 8.41. The van der Waals surface area contributed by atoms with Crippen LogP contribution < -0.4 is 0 Å². The van der Waals surface area contributed by atoms with E-state index >= 15 is 0 Å². The zero-order valence-corrected chi connectivity index (χ0v) is 7.44. The van der Waals surface area contributed by atoms with Crippen LogP contribution in [0.25, 0.3) is 0 Å². The second-order valence-corrected chi connectivity index (χ2v) is 4.27. The Morgan fingerprint density at radius 2 is 1.50 bits per heavy atom. The molecule has 0 fully saturated rings. The molecule has 0 aliphatic rings. The molecular weight excluding hydrogens is 152 g/mol. The standard InChI is InChI=1S/C7H15ClO2/c1-6(2,9)4-5-7(3,8)10/h9-10H,4-5H2,1-3H3. The number of hydrogen-bond donors (Lipinski definition) is 2. The van der Waals surface area contributed by atoms with Gasteiger partial charge >= 0.3 is 0 Å². The summed E-state index contributed by atoms with van der Waals surface area (Å²) in [6.07, 6.45) is 0.904. The van der Waals surface area contributed by atoms with Gasteiger partial charge in [-0.3, -0.25) is 0 Å². The van der Waals surface area contributed by atoms with Crippen LogP contribution in [-0.2, 0) is 0 Å². The molecule has 0 aromatic rings. The highest BCUT2D eigenvalue weighted by Gasteiger charge is 2.21. The summed E-state index contributed by atoms with van der Waals surface area (Å²) in [4.78, 5) is 0. The second-order valence-electron chi connectivity index (χ2n) is 3.45. The zero-order valence-electron chi connectivity index (χ0n) is 6.69. The monoisotopic (exact) mass is 166 g/mol. The molecule has 0 saturated carbocycles. The molecule has 1 atom stereocenters. The maximum Gasteiger partial charge on any atom is 0.136 e. The Labute approximate surface area is 66.8 Å².